The van der Waals surface area contributed by atoms with Crippen molar-refractivity contribution >= 4 is 63.8 Å². The van der Waals surface area contributed by atoms with Gasteiger partial charge in [-0.1, -0.05) is 18.2 Å². The molecule has 1 fully saturated rings. The van der Waals surface area contributed by atoms with Crippen molar-refractivity contribution in [3.63, 3.8) is 0 Å². The van der Waals surface area contributed by atoms with Crippen LogP contribution in [0.1, 0.15) is 91.1 Å². The normalized spacial score (nSPS) is 14.6. The number of fused-ring (bicyclic) bond motifs is 2. The molecule has 0 atom stereocenters. The molecule has 1 saturated heterocycles. The molecule has 4 aromatic carbocycles. The van der Waals surface area contributed by atoms with E-state index >= 15 is 0 Å². The first-order valence-corrected chi connectivity index (χ1v) is 34.3. The number of nitrogens with one attached hydrogen (secondary N) is 7. The minimum atomic E-state index is -0.672. The minimum Gasteiger partial charge on any atom is -0.504 e. The first kappa shape index (κ1) is 81.3. The summed E-state index contributed by atoms with van der Waals surface area (Å²) in [6, 6.07) is 15.7. The predicted octanol–water partition coefficient (Wildman–Crippen LogP) is 0.495. The van der Waals surface area contributed by atoms with Crippen molar-refractivity contribution in [1.29, 1.82) is 0 Å². The number of aromatic hydroxyl groups is 6. The molecule has 7 amide bonds. The second-order valence-electron chi connectivity index (χ2n) is 24.8. The third-order valence-corrected chi connectivity index (χ3v) is 17.3. The monoisotopic (exact) mass is 1560 g/mol. The Balaban J connectivity index is 0.0000146. The smallest absolute Gasteiger partial charge is 0.504 e. The number of benzene rings is 4. The molecule has 102 heavy (non-hydrogen) atoms. The zero-order chi connectivity index (χ0) is 72.0. The molecule has 31 nitrogen and oxygen atoms in total. The van der Waals surface area contributed by atoms with E-state index in [1.165, 1.54) is 65.8 Å². The summed E-state index contributed by atoms with van der Waals surface area (Å²) in [6.45, 7) is 6.33. The molecule has 0 saturated carbocycles. The van der Waals surface area contributed by atoms with E-state index in [2.05, 4.69) is 48.2 Å². The van der Waals surface area contributed by atoms with Crippen LogP contribution in [0.15, 0.2) is 75.9 Å². The van der Waals surface area contributed by atoms with Crippen molar-refractivity contribution in [1.82, 2.24) is 56.8 Å². The number of hydrogen-bond donors (Lipinski definition) is 13. The third-order valence-electron chi connectivity index (χ3n) is 17.3. The molecule has 1 aromatic heterocycles. The molecule has 32 heteroatoms. The van der Waals surface area contributed by atoms with Crippen LogP contribution in [0, 0.1) is 49.4 Å². The summed E-state index contributed by atoms with van der Waals surface area (Å²) in [4.78, 5) is 129. The minimum absolute atomic E-state index is 0. The maximum atomic E-state index is 13.6. The number of carbonyl (C=O) groups excluding carboxylic acids is 8. The number of anilines is 1. The summed E-state index contributed by atoms with van der Waals surface area (Å²) in [6.07, 6.45) is 5.06. The number of amides is 7. The first-order chi connectivity index (χ1) is 48.8. The Labute approximate surface area is 631 Å². The van der Waals surface area contributed by atoms with Crippen LogP contribution in [0.2, 0.25) is 0 Å². The van der Waals surface area contributed by atoms with E-state index < -0.39 is 75.4 Å². The van der Waals surface area contributed by atoms with Crippen molar-refractivity contribution in [2.45, 2.75) is 51.4 Å². The van der Waals surface area contributed by atoms with Gasteiger partial charge < -0.3 is 91.4 Å². The van der Waals surface area contributed by atoms with Gasteiger partial charge in [-0.05, 0) is 99.0 Å². The van der Waals surface area contributed by atoms with Crippen LogP contribution in [0.5, 0.6) is 34.5 Å². The van der Waals surface area contributed by atoms with Gasteiger partial charge in [-0.15, -0.1) is 0 Å². The molecule has 0 bridgehead atoms. The van der Waals surface area contributed by atoms with Crippen molar-refractivity contribution < 1.29 is 137 Å². The molecule has 8 rings (SSSR count). The predicted molar refractivity (Wildman–Crippen MR) is 371 cm³/mol. The summed E-state index contributed by atoms with van der Waals surface area (Å²) in [7, 11) is 0. The van der Waals surface area contributed by atoms with Crippen LogP contribution in [0.25, 0.3) is 11.0 Å². The Hall–Kier alpha value is -8.05. The molecule has 552 valence electrons. The topological polar surface area (TPSA) is 416 Å². The Morgan fingerprint density at radius 1 is 0.422 bits per heavy atom. The number of ketones is 1. The number of aryl methyl sites for hydroxylation is 2. The van der Waals surface area contributed by atoms with Crippen LogP contribution < -0.4 is 47.7 Å². The molecule has 0 spiro atoms. The average Bonchev–Trinajstić information content (AvgIpc) is 0.746. The summed E-state index contributed by atoms with van der Waals surface area (Å²) in [5, 5.41) is 80.2. The molecule has 0 radical (unpaired) electrons. The molecule has 0 unspecified atom stereocenters. The maximum absolute atomic E-state index is 13.6. The zero-order valence-electron chi connectivity index (χ0n) is 57.2. The fourth-order valence-corrected chi connectivity index (χ4v) is 12.0. The largest absolute Gasteiger partial charge is 3.00 e. The number of Topliss-reactive ketones (excluding diaryl/α,β-unsaturated/α-hetero) is 1. The van der Waals surface area contributed by atoms with Gasteiger partial charge >= 0.3 is 55.0 Å². The Morgan fingerprint density at radius 3 is 1.26 bits per heavy atom. The van der Waals surface area contributed by atoms with E-state index in [0.717, 1.165) is 49.7 Å². The second-order valence-corrected chi connectivity index (χ2v) is 24.8. The van der Waals surface area contributed by atoms with Crippen molar-refractivity contribution in [3.8, 4) is 34.5 Å². The van der Waals surface area contributed by atoms with Crippen molar-refractivity contribution in [3.05, 3.63) is 111 Å². The standard InChI is InChI=1S/C70H94N12O19.Eu/c83-54(49-10-1-14-55(84)63(49)91)17-4-18-71-58(87)43-78-27-28-79(44-59(88)72-19-7-35-98-37-39-100-40-38-99-36-8-20-75-69(96)53-42-48-41-47-9-5-25-82-26-6-13-50(62(47)82)66(48)101-70(53)97)30-32-81(46-61(90)74-22-24-77-68(95)52-12-3-16-57(86)65(52)93)34-33-80(31-29-78)45-60(89)73-21-23-76-67(94)51-11-2-15-56(85)64(51)92;/h1-3,10-12,14-16,41-42,84-86,91-93H,4-9,13,17-40,43-46H2,(H,71,87)(H,72,88)(H,73,89)(H,74,90)(H,75,96)(H,76,94)(H,77,95);/q;+3. The van der Waals surface area contributed by atoms with Gasteiger partial charge in [0.05, 0.1) is 69.3 Å². The summed E-state index contributed by atoms with van der Waals surface area (Å²) in [5.41, 5.74) is 3.04. The Morgan fingerprint density at radius 2 is 0.794 bits per heavy atom. The van der Waals surface area contributed by atoms with Gasteiger partial charge in [0.2, 0.25) is 23.6 Å². The van der Waals surface area contributed by atoms with E-state index in [-0.39, 0.29) is 208 Å². The quantitative estimate of drug-likeness (QED) is 0.0112. The number of phenols is 6. The molecule has 13 N–H and O–H groups in total. The third kappa shape index (κ3) is 25.4. The second kappa shape index (κ2) is 42.5. The van der Waals surface area contributed by atoms with Crippen LogP contribution in [0.4, 0.5) is 5.69 Å². The van der Waals surface area contributed by atoms with E-state index in [1.807, 2.05) is 19.6 Å². The molecule has 3 aliphatic rings. The van der Waals surface area contributed by atoms with Crippen LogP contribution in [-0.2, 0) is 46.2 Å². The first-order valence-electron chi connectivity index (χ1n) is 34.3. The number of nitrogens with zero attached hydrogens (tertiary/aromatic N) is 5. The molecule has 3 aliphatic heterocycles. The number of phenolic OH excluding ortho intramolecular Hbond substituents is 6. The van der Waals surface area contributed by atoms with Crippen molar-refractivity contribution in [2.75, 3.05) is 182 Å². The molecular formula is C70H94EuN12O19+3. The van der Waals surface area contributed by atoms with Gasteiger partial charge in [-0.2, -0.15) is 0 Å². The number of para-hydroxylation sites is 3. The number of carbonyl (C=O) groups is 8. The number of rotatable bonds is 36. The number of ether oxygens (including phenoxy) is 3. The number of hydrogen-bond acceptors (Lipinski definition) is 24. The van der Waals surface area contributed by atoms with E-state index in [4.69, 9.17) is 18.6 Å². The van der Waals surface area contributed by atoms with Gasteiger partial charge in [0.1, 0.15) is 11.1 Å². The molecule has 4 heterocycles. The van der Waals surface area contributed by atoms with Gasteiger partial charge in [0, 0.05) is 148 Å². The summed E-state index contributed by atoms with van der Waals surface area (Å²) >= 11 is 0. The van der Waals surface area contributed by atoms with Gasteiger partial charge in [-0.25, -0.2) is 4.79 Å². The summed E-state index contributed by atoms with van der Waals surface area (Å²) in [5.74, 6) is -6.76. The summed E-state index contributed by atoms with van der Waals surface area (Å²) < 4.78 is 22.9. The molecule has 0 aliphatic carbocycles. The van der Waals surface area contributed by atoms with Crippen LogP contribution >= 0.6 is 0 Å². The molecule has 5 aromatic rings. The van der Waals surface area contributed by atoms with Crippen LogP contribution in [-0.4, -0.2) is 274 Å². The average molecular weight is 1560 g/mol. The van der Waals surface area contributed by atoms with Gasteiger partial charge in [0.15, 0.2) is 40.3 Å². The Bertz CT molecular complexity index is 3630. The van der Waals surface area contributed by atoms with Crippen LogP contribution in [0.3, 0.4) is 0 Å². The maximum Gasteiger partial charge on any atom is 3.00 e. The Kier molecular flexibility index (Phi) is 33.9. The molecular weight excluding hydrogens is 1460 g/mol. The fourth-order valence-electron chi connectivity index (χ4n) is 12.0. The SMILES string of the molecule is O=C(CN1CCN(CC(=O)NCCCC(=O)c2cccc(O)c2O)CCN(CC(=O)NCCNC(=O)c2cccc(O)c2O)CCN(CC(=O)NCCNC(=O)c2cccc(O)c2O)CC1)NCCCOCCOCCOCCCNC(=O)c1cc2cc3c4c(c2oc1=O)CCCN4CCC3.[Eu+3]. The van der Waals surface area contributed by atoms with Crippen molar-refractivity contribution in [2.24, 2.45) is 0 Å². The van der Waals surface area contributed by atoms with Gasteiger partial charge in [0.25, 0.3) is 17.7 Å². The zero-order valence-corrected chi connectivity index (χ0v) is 59.6. The van der Waals surface area contributed by atoms with Gasteiger partial charge in [-0.3, -0.25) is 58.0 Å². The van der Waals surface area contributed by atoms with E-state index in [0.29, 0.717) is 71.2 Å². The van der Waals surface area contributed by atoms with E-state index in [9.17, 15) is 73.8 Å². The fraction of sp³-hybridized carbons (Fsp3) is 0.500. The van der Waals surface area contributed by atoms with E-state index in [1.54, 1.807) is 6.07 Å².